The standard InChI is InChI=1S/C16H19F3N4O2S/c1-12-15(11-23(20-12)16(18)19)26(24,25)22-7-5-21(6-8-22)10-13-3-2-4-14(17)9-13/h2-4,9,11,16H,5-8,10H2,1H3. The van der Waals surface area contributed by atoms with E-state index in [0.29, 0.717) is 24.3 Å². The van der Waals surface area contributed by atoms with Gasteiger partial charge >= 0.3 is 6.55 Å². The molecule has 0 bridgehead atoms. The number of piperazine rings is 1. The molecular weight excluding hydrogens is 369 g/mol. The lowest BCUT2D eigenvalue weighted by Gasteiger charge is -2.33. The van der Waals surface area contributed by atoms with Crippen molar-refractivity contribution in [3.63, 3.8) is 0 Å². The average Bonchev–Trinajstić information content (AvgIpc) is 2.98. The lowest BCUT2D eigenvalue weighted by atomic mass is 10.2. The second kappa shape index (κ2) is 7.37. The van der Waals surface area contributed by atoms with Crippen LogP contribution in [0.15, 0.2) is 35.4 Å². The molecule has 1 aliphatic heterocycles. The Balaban J connectivity index is 1.67. The Bertz CT molecular complexity index is 877. The zero-order chi connectivity index (χ0) is 18.9. The van der Waals surface area contributed by atoms with E-state index < -0.39 is 16.6 Å². The molecule has 6 nitrogen and oxygen atoms in total. The van der Waals surface area contributed by atoms with Crippen molar-refractivity contribution in [1.82, 2.24) is 19.0 Å². The van der Waals surface area contributed by atoms with Crippen molar-refractivity contribution in [2.45, 2.75) is 24.9 Å². The van der Waals surface area contributed by atoms with Crippen LogP contribution in [0.3, 0.4) is 0 Å². The molecule has 0 unspecified atom stereocenters. The van der Waals surface area contributed by atoms with Gasteiger partial charge in [-0.05, 0) is 24.6 Å². The lowest BCUT2D eigenvalue weighted by Crippen LogP contribution is -2.48. The third kappa shape index (κ3) is 3.92. The molecule has 0 atom stereocenters. The maximum absolute atomic E-state index is 13.3. The monoisotopic (exact) mass is 388 g/mol. The quantitative estimate of drug-likeness (QED) is 0.788. The number of aromatic nitrogens is 2. The van der Waals surface area contributed by atoms with Gasteiger partial charge in [0.05, 0.1) is 11.9 Å². The van der Waals surface area contributed by atoms with Crippen LogP contribution in [-0.4, -0.2) is 53.6 Å². The Morgan fingerprint density at radius 1 is 1.19 bits per heavy atom. The molecule has 2 aromatic rings. The van der Waals surface area contributed by atoms with Crippen LogP contribution in [0.2, 0.25) is 0 Å². The first-order valence-electron chi connectivity index (χ1n) is 8.08. The van der Waals surface area contributed by atoms with Gasteiger partial charge in [-0.25, -0.2) is 17.5 Å². The van der Waals surface area contributed by atoms with Crippen LogP contribution in [0.5, 0.6) is 0 Å². The van der Waals surface area contributed by atoms with Crippen molar-refractivity contribution in [2.24, 2.45) is 0 Å². The molecule has 0 aliphatic carbocycles. The first-order valence-corrected chi connectivity index (χ1v) is 9.52. The van der Waals surface area contributed by atoms with Crippen molar-refractivity contribution in [2.75, 3.05) is 26.2 Å². The van der Waals surface area contributed by atoms with Crippen LogP contribution >= 0.6 is 0 Å². The number of alkyl halides is 2. The highest BCUT2D eigenvalue weighted by molar-refractivity contribution is 7.89. The molecule has 142 valence electrons. The molecule has 0 saturated carbocycles. The zero-order valence-corrected chi connectivity index (χ0v) is 15.0. The molecular formula is C16H19F3N4O2S. The van der Waals surface area contributed by atoms with Gasteiger partial charge in [-0.2, -0.15) is 18.2 Å². The number of nitrogens with zero attached hydrogens (tertiary/aromatic N) is 4. The van der Waals surface area contributed by atoms with E-state index in [-0.39, 0.29) is 29.5 Å². The van der Waals surface area contributed by atoms with Crippen LogP contribution in [0.4, 0.5) is 13.2 Å². The van der Waals surface area contributed by atoms with E-state index in [0.717, 1.165) is 11.8 Å². The third-order valence-corrected chi connectivity index (χ3v) is 6.32. The highest BCUT2D eigenvalue weighted by atomic mass is 32.2. The maximum atomic E-state index is 13.3. The van der Waals surface area contributed by atoms with Gasteiger partial charge in [-0.15, -0.1) is 0 Å². The number of rotatable bonds is 5. The van der Waals surface area contributed by atoms with E-state index in [4.69, 9.17) is 0 Å². The van der Waals surface area contributed by atoms with Crippen molar-refractivity contribution < 1.29 is 21.6 Å². The first-order chi connectivity index (χ1) is 12.3. The molecule has 2 heterocycles. The molecule has 26 heavy (non-hydrogen) atoms. The van der Waals surface area contributed by atoms with Crippen LogP contribution in [-0.2, 0) is 16.6 Å². The second-order valence-electron chi connectivity index (χ2n) is 6.15. The molecule has 1 aliphatic rings. The van der Waals surface area contributed by atoms with Crippen LogP contribution in [0.25, 0.3) is 0 Å². The molecule has 1 saturated heterocycles. The molecule has 0 amide bonds. The van der Waals surface area contributed by atoms with Gasteiger partial charge in [0, 0.05) is 32.7 Å². The minimum absolute atomic E-state index is 0.0486. The number of benzene rings is 1. The number of aryl methyl sites for hydroxylation is 1. The van der Waals surface area contributed by atoms with Gasteiger partial charge in [-0.1, -0.05) is 12.1 Å². The summed E-state index contributed by atoms with van der Waals surface area (Å²) in [4.78, 5) is 1.83. The molecule has 0 N–H and O–H groups in total. The fourth-order valence-electron chi connectivity index (χ4n) is 2.98. The van der Waals surface area contributed by atoms with Gasteiger partial charge < -0.3 is 0 Å². The summed E-state index contributed by atoms with van der Waals surface area (Å²) in [6, 6.07) is 6.27. The topological polar surface area (TPSA) is 58.4 Å². The number of hydrogen-bond donors (Lipinski definition) is 0. The Hall–Kier alpha value is -1.91. The normalized spacial score (nSPS) is 17.1. The fraction of sp³-hybridized carbons (Fsp3) is 0.438. The van der Waals surface area contributed by atoms with Crippen molar-refractivity contribution in [3.05, 3.63) is 47.5 Å². The molecule has 1 aromatic heterocycles. The van der Waals surface area contributed by atoms with Gasteiger partial charge in [0.1, 0.15) is 10.7 Å². The summed E-state index contributed by atoms with van der Waals surface area (Å²) in [6.45, 7) is 0.435. The van der Waals surface area contributed by atoms with Gasteiger partial charge in [0.15, 0.2) is 0 Å². The third-order valence-electron chi connectivity index (χ3n) is 4.32. The zero-order valence-electron chi connectivity index (χ0n) is 14.1. The summed E-state index contributed by atoms with van der Waals surface area (Å²) in [5, 5.41) is 3.57. The molecule has 1 fully saturated rings. The van der Waals surface area contributed by atoms with Crippen molar-refractivity contribution in [1.29, 1.82) is 0 Å². The molecule has 1 aromatic carbocycles. The average molecular weight is 388 g/mol. The van der Waals surface area contributed by atoms with Gasteiger partial charge in [0.2, 0.25) is 10.0 Å². The van der Waals surface area contributed by atoms with Crippen molar-refractivity contribution >= 4 is 10.0 Å². The maximum Gasteiger partial charge on any atom is 0.333 e. The summed E-state index contributed by atoms with van der Waals surface area (Å²) < 4.78 is 65.8. The SMILES string of the molecule is Cc1nn(C(F)F)cc1S(=O)(=O)N1CCN(Cc2cccc(F)c2)CC1. The van der Waals surface area contributed by atoms with Gasteiger partial charge in [0.25, 0.3) is 0 Å². The minimum atomic E-state index is -3.88. The highest BCUT2D eigenvalue weighted by Gasteiger charge is 2.31. The van der Waals surface area contributed by atoms with E-state index in [9.17, 15) is 21.6 Å². The Morgan fingerprint density at radius 2 is 1.88 bits per heavy atom. The predicted octanol–water partition coefficient (Wildman–Crippen LogP) is 2.23. The smallest absolute Gasteiger partial charge is 0.296 e. The summed E-state index contributed by atoms with van der Waals surface area (Å²) in [5.74, 6) is -0.310. The molecule has 10 heteroatoms. The van der Waals surface area contributed by atoms with E-state index in [1.54, 1.807) is 6.07 Å². The highest BCUT2D eigenvalue weighted by Crippen LogP contribution is 2.23. The molecule has 0 radical (unpaired) electrons. The van der Waals surface area contributed by atoms with Gasteiger partial charge in [-0.3, -0.25) is 4.90 Å². The summed E-state index contributed by atoms with van der Waals surface area (Å²) in [7, 11) is -3.88. The number of sulfonamides is 1. The van der Waals surface area contributed by atoms with Crippen molar-refractivity contribution in [3.8, 4) is 0 Å². The van der Waals surface area contributed by atoms with Crippen LogP contribution in [0.1, 0.15) is 17.8 Å². The summed E-state index contributed by atoms with van der Waals surface area (Å²) >= 11 is 0. The largest absolute Gasteiger partial charge is 0.333 e. The Morgan fingerprint density at radius 3 is 2.46 bits per heavy atom. The summed E-state index contributed by atoms with van der Waals surface area (Å²) in [5.41, 5.74) is 0.864. The lowest BCUT2D eigenvalue weighted by molar-refractivity contribution is 0.0561. The van der Waals surface area contributed by atoms with E-state index >= 15 is 0 Å². The summed E-state index contributed by atoms with van der Waals surface area (Å²) in [6.07, 6.45) is 0.869. The molecule has 0 spiro atoms. The molecule has 3 rings (SSSR count). The Labute approximate surface area is 149 Å². The predicted molar refractivity (Wildman–Crippen MR) is 88.7 cm³/mol. The van der Waals surface area contributed by atoms with Crippen LogP contribution < -0.4 is 0 Å². The minimum Gasteiger partial charge on any atom is -0.296 e. The van der Waals surface area contributed by atoms with E-state index in [1.165, 1.54) is 23.4 Å². The number of halogens is 3. The fourth-order valence-corrected chi connectivity index (χ4v) is 4.56. The van der Waals surface area contributed by atoms with Crippen LogP contribution in [0, 0.1) is 12.7 Å². The van der Waals surface area contributed by atoms with E-state index in [1.807, 2.05) is 11.0 Å². The van der Waals surface area contributed by atoms with E-state index in [2.05, 4.69) is 5.10 Å². The number of hydrogen-bond acceptors (Lipinski definition) is 4. The second-order valence-corrected chi connectivity index (χ2v) is 8.05. The first kappa shape index (κ1) is 18.9. The Kier molecular flexibility index (Phi) is 5.35.